The first kappa shape index (κ1) is 11.9. The van der Waals surface area contributed by atoms with E-state index in [2.05, 4.69) is 0 Å². The molecule has 0 aliphatic carbocycles. The normalized spacial score (nSPS) is 10.7. The van der Waals surface area contributed by atoms with Crippen molar-refractivity contribution in [3.05, 3.63) is 29.6 Å². The molecule has 84 valence electrons. The van der Waals surface area contributed by atoms with Crippen LogP contribution in [0.1, 0.15) is 5.56 Å². The molecule has 4 heteroatoms. The van der Waals surface area contributed by atoms with Gasteiger partial charge >= 0.3 is 0 Å². The standard InChI is InChI=1S/C11H17FN2O/c1-15-11-3-2-10(12)5-9(11)4-8(6-13)7-14/h2-3,5,8H,4,6-7,13-14H2,1H3. The van der Waals surface area contributed by atoms with Gasteiger partial charge in [-0.2, -0.15) is 0 Å². The highest BCUT2D eigenvalue weighted by atomic mass is 19.1. The molecular weight excluding hydrogens is 195 g/mol. The molecule has 0 saturated heterocycles. The third kappa shape index (κ3) is 3.18. The van der Waals surface area contributed by atoms with Gasteiger partial charge in [0.05, 0.1) is 7.11 Å². The lowest BCUT2D eigenvalue weighted by Crippen LogP contribution is -2.25. The molecule has 0 unspecified atom stereocenters. The Bertz CT molecular complexity index is 313. The summed E-state index contributed by atoms with van der Waals surface area (Å²) in [6.45, 7) is 0.992. The number of hydrogen-bond donors (Lipinski definition) is 2. The number of hydrogen-bond acceptors (Lipinski definition) is 3. The molecule has 0 amide bonds. The molecule has 1 aromatic rings. The van der Waals surface area contributed by atoms with Gasteiger partial charge in [0.25, 0.3) is 0 Å². The van der Waals surface area contributed by atoms with Crippen LogP contribution in [0.3, 0.4) is 0 Å². The van der Waals surface area contributed by atoms with E-state index < -0.39 is 0 Å². The first-order valence-electron chi connectivity index (χ1n) is 4.93. The Morgan fingerprint density at radius 1 is 1.33 bits per heavy atom. The van der Waals surface area contributed by atoms with Gasteiger partial charge in [-0.25, -0.2) is 4.39 Å². The highest BCUT2D eigenvalue weighted by Crippen LogP contribution is 2.21. The van der Waals surface area contributed by atoms with Gasteiger partial charge in [0.2, 0.25) is 0 Å². The fourth-order valence-electron chi connectivity index (χ4n) is 1.48. The Morgan fingerprint density at radius 2 is 2.00 bits per heavy atom. The Morgan fingerprint density at radius 3 is 2.53 bits per heavy atom. The van der Waals surface area contributed by atoms with Gasteiger partial charge in [0.15, 0.2) is 0 Å². The quantitative estimate of drug-likeness (QED) is 0.762. The molecule has 0 bridgehead atoms. The molecule has 0 atom stereocenters. The number of benzene rings is 1. The molecule has 0 aliphatic heterocycles. The third-order valence-corrected chi connectivity index (χ3v) is 2.42. The summed E-state index contributed by atoms with van der Waals surface area (Å²) in [5.74, 6) is 0.586. The molecule has 15 heavy (non-hydrogen) atoms. The van der Waals surface area contributed by atoms with E-state index in [4.69, 9.17) is 16.2 Å². The fraction of sp³-hybridized carbons (Fsp3) is 0.455. The van der Waals surface area contributed by atoms with E-state index in [-0.39, 0.29) is 11.7 Å². The van der Waals surface area contributed by atoms with Crippen LogP contribution in [0.25, 0.3) is 0 Å². The first-order valence-corrected chi connectivity index (χ1v) is 4.93. The lowest BCUT2D eigenvalue weighted by molar-refractivity contribution is 0.403. The summed E-state index contributed by atoms with van der Waals surface area (Å²) in [4.78, 5) is 0. The fourth-order valence-corrected chi connectivity index (χ4v) is 1.48. The summed E-state index contributed by atoms with van der Waals surface area (Å²) in [5, 5.41) is 0. The molecule has 0 aliphatic rings. The summed E-state index contributed by atoms with van der Waals surface area (Å²) in [6.07, 6.45) is 0.647. The van der Waals surface area contributed by atoms with E-state index in [1.807, 2.05) is 0 Å². The monoisotopic (exact) mass is 212 g/mol. The van der Waals surface area contributed by atoms with Crippen molar-refractivity contribution in [3.63, 3.8) is 0 Å². The highest BCUT2D eigenvalue weighted by molar-refractivity contribution is 5.34. The number of methoxy groups -OCH3 is 1. The van der Waals surface area contributed by atoms with Crippen LogP contribution in [0, 0.1) is 11.7 Å². The SMILES string of the molecule is COc1ccc(F)cc1CC(CN)CN. The Hall–Kier alpha value is -1.13. The predicted molar refractivity (Wildman–Crippen MR) is 58.3 cm³/mol. The molecule has 0 spiro atoms. The lowest BCUT2D eigenvalue weighted by atomic mass is 9.99. The van der Waals surface area contributed by atoms with Crippen LogP contribution in [0.2, 0.25) is 0 Å². The van der Waals surface area contributed by atoms with Crippen molar-refractivity contribution >= 4 is 0 Å². The van der Waals surface area contributed by atoms with Crippen molar-refractivity contribution in [1.29, 1.82) is 0 Å². The maximum Gasteiger partial charge on any atom is 0.123 e. The maximum absolute atomic E-state index is 13.0. The third-order valence-electron chi connectivity index (χ3n) is 2.42. The van der Waals surface area contributed by atoms with Gasteiger partial charge in [0.1, 0.15) is 11.6 Å². The molecule has 0 aromatic heterocycles. The molecule has 1 rings (SSSR count). The maximum atomic E-state index is 13.0. The smallest absolute Gasteiger partial charge is 0.123 e. The molecule has 0 saturated carbocycles. The molecule has 0 fully saturated rings. The van der Waals surface area contributed by atoms with Crippen LogP contribution in [0.5, 0.6) is 5.75 Å². The van der Waals surface area contributed by atoms with Crippen molar-refractivity contribution in [3.8, 4) is 5.75 Å². The molecule has 4 N–H and O–H groups in total. The number of nitrogens with two attached hydrogens (primary N) is 2. The highest BCUT2D eigenvalue weighted by Gasteiger charge is 2.10. The van der Waals surface area contributed by atoms with E-state index in [1.54, 1.807) is 13.2 Å². The van der Waals surface area contributed by atoms with Gasteiger partial charge in [-0.05, 0) is 49.2 Å². The van der Waals surface area contributed by atoms with E-state index in [0.717, 1.165) is 5.56 Å². The van der Waals surface area contributed by atoms with Crippen molar-refractivity contribution in [1.82, 2.24) is 0 Å². The van der Waals surface area contributed by atoms with Crippen LogP contribution in [-0.2, 0) is 6.42 Å². The molecule has 0 heterocycles. The molecular formula is C11H17FN2O. The minimum absolute atomic E-state index is 0.167. The molecule has 3 nitrogen and oxygen atoms in total. The first-order chi connectivity index (χ1) is 7.21. The minimum Gasteiger partial charge on any atom is -0.496 e. The summed E-state index contributed by atoms with van der Waals surface area (Å²) >= 11 is 0. The topological polar surface area (TPSA) is 61.3 Å². The molecule has 0 radical (unpaired) electrons. The second kappa shape index (κ2) is 5.68. The zero-order valence-corrected chi connectivity index (χ0v) is 8.87. The average Bonchev–Trinajstić information content (AvgIpc) is 2.26. The predicted octanol–water partition coefficient (Wildman–Crippen LogP) is 0.910. The number of halogens is 1. The van der Waals surface area contributed by atoms with Crippen LogP contribution >= 0.6 is 0 Å². The van der Waals surface area contributed by atoms with Crippen molar-refractivity contribution in [2.24, 2.45) is 17.4 Å². The van der Waals surface area contributed by atoms with E-state index >= 15 is 0 Å². The van der Waals surface area contributed by atoms with Gasteiger partial charge in [-0.1, -0.05) is 0 Å². The van der Waals surface area contributed by atoms with Crippen LogP contribution < -0.4 is 16.2 Å². The van der Waals surface area contributed by atoms with E-state index in [9.17, 15) is 4.39 Å². The molecule has 1 aromatic carbocycles. The minimum atomic E-state index is -0.265. The zero-order chi connectivity index (χ0) is 11.3. The largest absolute Gasteiger partial charge is 0.496 e. The van der Waals surface area contributed by atoms with E-state index in [0.29, 0.717) is 25.3 Å². The Balaban J connectivity index is 2.86. The van der Waals surface area contributed by atoms with Crippen LogP contribution in [0.15, 0.2) is 18.2 Å². The van der Waals surface area contributed by atoms with Crippen molar-refractivity contribution in [2.75, 3.05) is 20.2 Å². The van der Waals surface area contributed by atoms with Crippen molar-refractivity contribution in [2.45, 2.75) is 6.42 Å². The number of ether oxygens (including phenoxy) is 1. The second-order valence-corrected chi connectivity index (χ2v) is 3.50. The van der Waals surface area contributed by atoms with Crippen LogP contribution in [0.4, 0.5) is 4.39 Å². The lowest BCUT2D eigenvalue weighted by Gasteiger charge is -2.14. The second-order valence-electron chi connectivity index (χ2n) is 3.50. The summed E-state index contributed by atoms with van der Waals surface area (Å²) < 4.78 is 18.2. The zero-order valence-electron chi connectivity index (χ0n) is 8.87. The Labute approximate surface area is 89.2 Å². The van der Waals surface area contributed by atoms with Gasteiger partial charge < -0.3 is 16.2 Å². The Kier molecular flexibility index (Phi) is 4.52. The van der Waals surface area contributed by atoms with Gasteiger partial charge in [-0.3, -0.25) is 0 Å². The van der Waals surface area contributed by atoms with E-state index in [1.165, 1.54) is 12.1 Å². The van der Waals surface area contributed by atoms with Gasteiger partial charge in [-0.15, -0.1) is 0 Å². The number of rotatable bonds is 5. The average molecular weight is 212 g/mol. The summed E-state index contributed by atoms with van der Waals surface area (Å²) in [6, 6.07) is 4.47. The van der Waals surface area contributed by atoms with Gasteiger partial charge in [0, 0.05) is 0 Å². The van der Waals surface area contributed by atoms with Crippen molar-refractivity contribution < 1.29 is 9.13 Å². The van der Waals surface area contributed by atoms with Crippen LogP contribution in [-0.4, -0.2) is 20.2 Å². The summed E-state index contributed by atoms with van der Waals surface area (Å²) in [5.41, 5.74) is 11.9. The summed E-state index contributed by atoms with van der Waals surface area (Å²) in [7, 11) is 1.57.